The monoisotopic (exact) mass is 278 g/mol. The highest BCUT2D eigenvalue weighted by Gasteiger charge is 2.23. The summed E-state index contributed by atoms with van der Waals surface area (Å²) < 4.78 is 1.06. The van der Waals surface area contributed by atoms with Crippen molar-refractivity contribution < 1.29 is 4.79 Å². The first kappa shape index (κ1) is 12.5. The van der Waals surface area contributed by atoms with E-state index < -0.39 is 5.92 Å². The van der Waals surface area contributed by atoms with Crippen molar-refractivity contribution >= 4 is 27.2 Å². The predicted molar refractivity (Wildman–Crippen MR) is 78.7 cm³/mol. The van der Waals surface area contributed by atoms with Crippen molar-refractivity contribution in [1.82, 2.24) is 4.98 Å². The molecule has 0 bridgehead atoms. The SMILES string of the molecule is N#CC(C(=O)c1csc2ccccc12)c1ccncc1. The maximum absolute atomic E-state index is 12.6. The van der Waals surface area contributed by atoms with E-state index in [-0.39, 0.29) is 5.78 Å². The summed E-state index contributed by atoms with van der Waals surface area (Å²) >= 11 is 1.52. The third-order valence-corrected chi connectivity index (χ3v) is 4.14. The number of nitrogens with zero attached hydrogens (tertiary/aromatic N) is 2. The lowest BCUT2D eigenvalue weighted by molar-refractivity contribution is 0.0981. The Morgan fingerprint density at radius 1 is 1.20 bits per heavy atom. The highest BCUT2D eigenvalue weighted by atomic mass is 32.1. The van der Waals surface area contributed by atoms with Gasteiger partial charge in [-0.3, -0.25) is 9.78 Å². The second-order valence-electron chi connectivity index (χ2n) is 4.35. The normalized spacial score (nSPS) is 11.9. The zero-order valence-corrected chi connectivity index (χ0v) is 11.3. The molecule has 0 amide bonds. The summed E-state index contributed by atoms with van der Waals surface area (Å²) in [4.78, 5) is 16.5. The Balaban J connectivity index is 2.06. The van der Waals surface area contributed by atoms with Gasteiger partial charge in [0.15, 0.2) is 5.78 Å². The van der Waals surface area contributed by atoms with E-state index in [0.29, 0.717) is 11.1 Å². The number of ketones is 1. The van der Waals surface area contributed by atoms with E-state index in [1.165, 1.54) is 11.3 Å². The van der Waals surface area contributed by atoms with Crippen LogP contribution >= 0.6 is 11.3 Å². The number of rotatable bonds is 3. The van der Waals surface area contributed by atoms with Crippen molar-refractivity contribution in [3.63, 3.8) is 0 Å². The minimum absolute atomic E-state index is 0.156. The van der Waals surface area contributed by atoms with Crippen LogP contribution in [0.2, 0.25) is 0 Å². The Morgan fingerprint density at radius 3 is 2.70 bits per heavy atom. The number of thiophene rings is 1. The van der Waals surface area contributed by atoms with Gasteiger partial charge in [0.05, 0.1) is 6.07 Å². The Bertz CT molecular complexity index is 802. The van der Waals surface area contributed by atoms with E-state index in [2.05, 4.69) is 11.1 Å². The molecule has 1 unspecified atom stereocenters. The molecule has 0 aliphatic rings. The molecule has 3 rings (SSSR count). The van der Waals surface area contributed by atoms with Gasteiger partial charge < -0.3 is 0 Å². The third kappa shape index (κ3) is 2.09. The van der Waals surface area contributed by atoms with E-state index in [1.807, 2.05) is 29.6 Å². The van der Waals surface area contributed by atoms with E-state index in [9.17, 15) is 10.1 Å². The second-order valence-corrected chi connectivity index (χ2v) is 5.26. The van der Waals surface area contributed by atoms with Crippen molar-refractivity contribution in [2.24, 2.45) is 0 Å². The van der Waals surface area contributed by atoms with Crippen molar-refractivity contribution in [2.75, 3.05) is 0 Å². The van der Waals surface area contributed by atoms with Crippen LogP contribution in [0.5, 0.6) is 0 Å². The van der Waals surface area contributed by atoms with Gasteiger partial charge in [-0.15, -0.1) is 11.3 Å². The summed E-state index contributed by atoms with van der Waals surface area (Å²) in [6, 6.07) is 13.3. The summed E-state index contributed by atoms with van der Waals surface area (Å²) in [5.41, 5.74) is 1.30. The molecule has 2 heterocycles. The molecule has 96 valence electrons. The molecule has 1 aromatic carbocycles. The first-order valence-corrected chi connectivity index (χ1v) is 6.99. The minimum atomic E-state index is -0.781. The fraction of sp³-hybridized carbons (Fsp3) is 0.0625. The summed E-state index contributed by atoms with van der Waals surface area (Å²) in [5.74, 6) is -0.938. The van der Waals surface area contributed by atoms with E-state index in [1.54, 1.807) is 24.5 Å². The van der Waals surface area contributed by atoms with Crippen molar-refractivity contribution in [3.05, 3.63) is 65.3 Å². The zero-order chi connectivity index (χ0) is 13.9. The van der Waals surface area contributed by atoms with Crippen LogP contribution in [-0.4, -0.2) is 10.8 Å². The average Bonchev–Trinajstić information content (AvgIpc) is 2.93. The topological polar surface area (TPSA) is 53.8 Å². The smallest absolute Gasteiger partial charge is 0.185 e. The molecule has 0 saturated carbocycles. The zero-order valence-electron chi connectivity index (χ0n) is 10.5. The summed E-state index contributed by atoms with van der Waals surface area (Å²) in [5, 5.41) is 12.1. The lowest BCUT2D eigenvalue weighted by atomic mass is 9.92. The van der Waals surface area contributed by atoms with Crippen molar-refractivity contribution in [1.29, 1.82) is 5.26 Å². The van der Waals surface area contributed by atoms with Gasteiger partial charge in [-0.1, -0.05) is 18.2 Å². The lowest BCUT2D eigenvalue weighted by Gasteiger charge is -2.07. The molecule has 0 fully saturated rings. The van der Waals surface area contributed by atoms with Crippen molar-refractivity contribution in [3.8, 4) is 6.07 Å². The maximum Gasteiger partial charge on any atom is 0.185 e. The van der Waals surface area contributed by atoms with Gasteiger partial charge in [-0.25, -0.2) is 0 Å². The molecular weight excluding hydrogens is 268 g/mol. The number of fused-ring (bicyclic) bond motifs is 1. The molecule has 0 radical (unpaired) electrons. The number of hydrogen-bond acceptors (Lipinski definition) is 4. The van der Waals surface area contributed by atoms with Gasteiger partial charge in [-0.05, 0) is 23.8 Å². The predicted octanol–water partition coefficient (Wildman–Crippen LogP) is 3.79. The molecule has 0 aliphatic carbocycles. The molecule has 4 heteroatoms. The molecule has 3 nitrogen and oxygen atoms in total. The van der Waals surface area contributed by atoms with E-state index in [4.69, 9.17) is 0 Å². The van der Waals surface area contributed by atoms with E-state index >= 15 is 0 Å². The standard InChI is InChI=1S/C16H10N2OS/c17-9-13(11-5-7-18-8-6-11)16(19)14-10-20-15-4-2-1-3-12(14)15/h1-8,10,13H. The number of pyridine rings is 1. The highest BCUT2D eigenvalue weighted by molar-refractivity contribution is 7.17. The van der Waals surface area contributed by atoms with Gasteiger partial charge >= 0.3 is 0 Å². The van der Waals surface area contributed by atoms with Crippen LogP contribution in [0.3, 0.4) is 0 Å². The minimum Gasteiger partial charge on any atom is -0.292 e. The number of carbonyl (C=O) groups is 1. The number of benzene rings is 1. The second kappa shape index (κ2) is 5.24. The Hall–Kier alpha value is -2.51. The first-order valence-electron chi connectivity index (χ1n) is 6.11. The lowest BCUT2D eigenvalue weighted by Crippen LogP contribution is -2.10. The fourth-order valence-corrected chi connectivity index (χ4v) is 3.11. The largest absolute Gasteiger partial charge is 0.292 e. The highest BCUT2D eigenvalue weighted by Crippen LogP contribution is 2.30. The number of carbonyl (C=O) groups excluding carboxylic acids is 1. The first-order chi connectivity index (χ1) is 9.81. The van der Waals surface area contributed by atoms with Gasteiger partial charge in [0.2, 0.25) is 0 Å². The van der Waals surface area contributed by atoms with Crippen LogP contribution in [0.25, 0.3) is 10.1 Å². The van der Waals surface area contributed by atoms with Crippen LogP contribution in [0.15, 0.2) is 54.2 Å². The molecule has 0 saturated heterocycles. The van der Waals surface area contributed by atoms with Gasteiger partial charge in [0.25, 0.3) is 0 Å². The quantitative estimate of drug-likeness (QED) is 0.685. The summed E-state index contributed by atoms with van der Waals surface area (Å²) in [6.45, 7) is 0. The number of aromatic nitrogens is 1. The number of Topliss-reactive ketones (excluding diaryl/α,β-unsaturated/α-hetero) is 1. The molecule has 0 N–H and O–H groups in total. The third-order valence-electron chi connectivity index (χ3n) is 3.18. The number of nitriles is 1. The van der Waals surface area contributed by atoms with Crippen LogP contribution in [0.1, 0.15) is 21.8 Å². The van der Waals surface area contributed by atoms with Crippen LogP contribution in [0.4, 0.5) is 0 Å². The number of hydrogen-bond donors (Lipinski definition) is 0. The Kier molecular flexibility index (Phi) is 3.28. The molecule has 0 spiro atoms. The molecule has 20 heavy (non-hydrogen) atoms. The molecule has 3 aromatic rings. The van der Waals surface area contributed by atoms with Crippen LogP contribution in [-0.2, 0) is 0 Å². The molecule has 0 aliphatic heterocycles. The average molecular weight is 278 g/mol. The summed E-state index contributed by atoms with van der Waals surface area (Å²) in [7, 11) is 0. The Labute approximate surface area is 120 Å². The van der Waals surface area contributed by atoms with E-state index in [0.717, 1.165) is 10.1 Å². The molecule has 1 atom stereocenters. The van der Waals surface area contributed by atoms with Gasteiger partial charge in [0, 0.05) is 33.4 Å². The molecular formula is C16H10N2OS. The summed E-state index contributed by atoms with van der Waals surface area (Å²) in [6.07, 6.45) is 3.19. The van der Waals surface area contributed by atoms with Crippen LogP contribution in [0, 0.1) is 11.3 Å². The molecule has 2 aromatic heterocycles. The van der Waals surface area contributed by atoms with Crippen molar-refractivity contribution in [2.45, 2.75) is 5.92 Å². The Morgan fingerprint density at radius 2 is 1.95 bits per heavy atom. The fourth-order valence-electron chi connectivity index (χ4n) is 2.16. The van der Waals surface area contributed by atoms with Crippen LogP contribution < -0.4 is 0 Å². The maximum atomic E-state index is 12.6. The van der Waals surface area contributed by atoms with Gasteiger partial charge in [-0.2, -0.15) is 5.26 Å². The van der Waals surface area contributed by atoms with Gasteiger partial charge in [0.1, 0.15) is 5.92 Å².